The Morgan fingerprint density at radius 2 is 1.31 bits per heavy atom. The fourth-order valence-electron chi connectivity index (χ4n) is 5.56. The topological polar surface area (TPSA) is 140 Å². The van der Waals surface area contributed by atoms with E-state index in [0.29, 0.717) is 46.4 Å². The van der Waals surface area contributed by atoms with Crippen molar-refractivity contribution in [2.45, 2.75) is 57.9 Å². The van der Waals surface area contributed by atoms with Crippen molar-refractivity contribution < 1.29 is 38.5 Å². The first-order valence-electron chi connectivity index (χ1n) is 18.0. The molecule has 0 fully saturated rings. The molecule has 0 aromatic heterocycles. The van der Waals surface area contributed by atoms with Crippen LogP contribution in [0.25, 0.3) is 0 Å². The average Bonchev–Trinajstić information content (AvgIpc) is 3.17. The second kappa shape index (κ2) is 20.0. The van der Waals surface area contributed by atoms with E-state index < -0.39 is 23.9 Å². The molecule has 5 aromatic rings. The molecule has 0 aliphatic heterocycles. The highest BCUT2D eigenvalue weighted by Gasteiger charge is 2.22. The van der Waals surface area contributed by atoms with Gasteiger partial charge < -0.3 is 30.0 Å². The summed E-state index contributed by atoms with van der Waals surface area (Å²) in [5, 5.41) is 15.2. The predicted molar refractivity (Wildman–Crippen MR) is 206 cm³/mol. The van der Waals surface area contributed by atoms with Crippen LogP contribution in [0.15, 0.2) is 127 Å². The molecule has 3 N–H and O–H groups in total. The first-order valence-corrected chi connectivity index (χ1v) is 18.0. The molecule has 0 radical (unpaired) electrons. The van der Waals surface area contributed by atoms with Gasteiger partial charge in [-0.25, -0.2) is 9.59 Å². The van der Waals surface area contributed by atoms with Crippen LogP contribution in [0.1, 0.15) is 70.9 Å². The Kier molecular flexibility index (Phi) is 14.4. The number of ether oxygens (including phenoxy) is 3. The summed E-state index contributed by atoms with van der Waals surface area (Å²) in [4.78, 5) is 50.5. The molecular weight excluding hydrogens is 684 g/mol. The summed E-state index contributed by atoms with van der Waals surface area (Å²) in [7, 11) is 0. The number of unbranched alkanes of at least 4 members (excludes halogenated alkanes) is 4. The Bertz CT molecular complexity index is 1980. The molecule has 0 bridgehead atoms. The number of esters is 1. The fraction of sp³-hybridized carbons (Fsp3) is 0.227. The quantitative estimate of drug-likeness (QED) is 0.0436. The molecule has 0 saturated carbocycles. The van der Waals surface area contributed by atoms with E-state index in [2.05, 4.69) is 17.6 Å². The molecule has 5 rings (SSSR count). The summed E-state index contributed by atoms with van der Waals surface area (Å²) >= 11 is 0. The Morgan fingerprint density at radius 3 is 2.02 bits per heavy atom. The number of aliphatic carboxylic acids is 1. The number of rotatable bonds is 19. The van der Waals surface area contributed by atoms with Gasteiger partial charge in [0.15, 0.2) is 0 Å². The Labute approximate surface area is 315 Å². The van der Waals surface area contributed by atoms with E-state index in [0.717, 1.165) is 18.4 Å². The summed E-state index contributed by atoms with van der Waals surface area (Å²) < 4.78 is 17.1. The van der Waals surface area contributed by atoms with Crippen LogP contribution in [0.2, 0.25) is 0 Å². The van der Waals surface area contributed by atoms with Gasteiger partial charge in [-0.05, 0) is 102 Å². The summed E-state index contributed by atoms with van der Waals surface area (Å²) in [6.45, 7) is 2.81. The highest BCUT2D eigenvalue weighted by molar-refractivity contribution is 5.98. The van der Waals surface area contributed by atoms with Gasteiger partial charge in [-0.1, -0.05) is 75.1 Å². The van der Waals surface area contributed by atoms with Gasteiger partial charge in [0, 0.05) is 17.7 Å². The normalized spacial score (nSPS) is 11.2. The molecule has 10 heteroatoms. The van der Waals surface area contributed by atoms with Crippen LogP contribution in [-0.2, 0) is 22.4 Å². The molecule has 0 aliphatic rings. The first-order chi connectivity index (χ1) is 26.2. The number of anilines is 1. The maximum absolute atomic E-state index is 13.0. The fourth-order valence-corrected chi connectivity index (χ4v) is 5.56. The number of carbonyl (C=O) groups is 4. The Hall–Kier alpha value is -6.42. The Morgan fingerprint density at radius 1 is 0.648 bits per heavy atom. The van der Waals surface area contributed by atoms with E-state index in [1.165, 1.54) is 31.4 Å². The molecule has 0 spiro atoms. The maximum atomic E-state index is 13.0. The predicted octanol–water partition coefficient (Wildman–Crippen LogP) is 8.65. The number of carboxylic acid groups (broad SMARTS) is 1. The summed E-state index contributed by atoms with van der Waals surface area (Å²) in [6.07, 6.45) is 5.86. The van der Waals surface area contributed by atoms with Crippen molar-refractivity contribution in [3.8, 4) is 23.0 Å². The smallest absolute Gasteiger partial charge is 0.343 e. The third-order valence-electron chi connectivity index (χ3n) is 8.46. The van der Waals surface area contributed by atoms with Crippen LogP contribution in [0.5, 0.6) is 23.0 Å². The molecule has 2 amide bonds. The lowest BCUT2D eigenvalue weighted by Crippen LogP contribution is -2.42. The van der Waals surface area contributed by atoms with Crippen LogP contribution in [0.3, 0.4) is 0 Å². The van der Waals surface area contributed by atoms with E-state index in [-0.39, 0.29) is 24.3 Å². The standard InChI is InChI=1S/C44H44N2O8/c1-2-3-4-5-9-27-52-36-25-19-34(20-26-36)44(51)54-38-23-15-31(16-24-38)29-40(43(49)50)46-42(48)33-17-21-35(22-18-33)45-41(47)30-32-11-10-14-39(28-32)53-37-12-7-6-8-13-37/h6-8,10-26,28,40H,2-5,9,27,29-30H2,1H3,(H,45,47)(H,46,48)(H,49,50)/t40-/m0/s1. The summed E-state index contributed by atoms with van der Waals surface area (Å²) in [5.74, 6) is -0.269. The van der Waals surface area contributed by atoms with Gasteiger partial charge in [0.2, 0.25) is 5.91 Å². The SMILES string of the molecule is CCCCCCCOc1ccc(C(=O)Oc2ccc(C[C@H](NC(=O)c3ccc(NC(=O)Cc4cccc(Oc5ccccc5)c4)cc3)C(=O)O)cc2)cc1. The molecule has 1 atom stereocenters. The van der Waals surface area contributed by atoms with Crippen LogP contribution in [-0.4, -0.2) is 41.5 Å². The van der Waals surface area contributed by atoms with Crippen LogP contribution in [0.4, 0.5) is 5.69 Å². The average molecular weight is 729 g/mol. The van der Waals surface area contributed by atoms with Crippen molar-refractivity contribution in [3.63, 3.8) is 0 Å². The second-order valence-corrected chi connectivity index (χ2v) is 12.8. The van der Waals surface area contributed by atoms with Crippen LogP contribution < -0.4 is 24.8 Å². The highest BCUT2D eigenvalue weighted by atomic mass is 16.5. The molecule has 0 heterocycles. The van der Waals surface area contributed by atoms with E-state index in [1.54, 1.807) is 66.7 Å². The van der Waals surface area contributed by atoms with Gasteiger partial charge in [0.25, 0.3) is 5.91 Å². The molecule has 54 heavy (non-hydrogen) atoms. The van der Waals surface area contributed by atoms with Crippen molar-refractivity contribution in [2.24, 2.45) is 0 Å². The number of nitrogens with one attached hydrogen (secondary N) is 2. The molecule has 10 nitrogen and oxygen atoms in total. The number of hydrogen-bond acceptors (Lipinski definition) is 7. The minimum atomic E-state index is -1.22. The number of amides is 2. The lowest BCUT2D eigenvalue weighted by atomic mass is 10.0. The molecule has 0 saturated heterocycles. The lowest BCUT2D eigenvalue weighted by molar-refractivity contribution is -0.139. The van der Waals surface area contributed by atoms with Crippen molar-refractivity contribution in [3.05, 3.63) is 150 Å². The van der Waals surface area contributed by atoms with Gasteiger partial charge in [-0.2, -0.15) is 0 Å². The van der Waals surface area contributed by atoms with E-state index in [4.69, 9.17) is 14.2 Å². The van der Waals surface area contributed by atoms with Gasteiger partial charge in [0.05, 0.1) is 18.6 Å². The second-order valence-electron chi connectivity index (χ2n) is 12.8. The molecule has 278 valence electrons. The van der Waals surface area contributed by atoms with Crippen LogP contribution >= 0.6 is 0 Å². The van der Waals surface area contributed by atoms with Gasteiger partial charge in [-0.15, -0.1) is 0 Å². The van der Waals surface area contributed by atoms with Crippen LogP contribution in [0, 0.1) is 0 Å². The van der Waals surface area contributed by atoms with E-state index >= 15 is 0 Å². The summed E-state index contributed by atoms with van der Waals surface area (Å²) in [6, 6.07) is 34.8. The highest BCUT2D eigenvalue weighted by Crippen LogP contribution is 2.23. The number of para-hydroxylation sites is 1. The third kappa shape index (κ3) is 12.4. The van der Waals surface area contributed by atoms with E-state index in [9.17, 15) is 24.3 Å². The van der Waals surface area contributed by atoms with Crippen molar-refractivity contribution in [2.75, 3.05) is 11.9 Å². The molecule has 5 aromatic carbocycles. The zero-order chi connectivity index (χ0) is 38.1. The zero-order valence-electron chi connectivity index (χ0n) is 30.2. The maximum Gasteiger partial charge on any atom is 0.343 e. The van der Waals surface area contributed by atoms with E-state index in [1.807, 2.05) is 48.5 Å². The van der Waals surface area contributed by atoms with Crippen molar-refractivity contribution >= 4 is 29.4 Å². The van der Waals surface area contributed by atoms with Crippen molar-refractivity contribution in [1.29, 1.82) is 0 Å². The van der Waals surface area contributed by atoms with Crippen molar-refractivity contribution in [1.82, 2.24) is 5.32 Å². The zero-order valence-corrected chi connectivity index (χ0v) is 30.2. The largest absolute Gasteiger partial charge is 0.494 e. The lowest BCUT2D eigenvalue weighted by Gasteiger charge is -2.15. The number of hydrogen-bond donors (Lipinski definition) is 3. The number of carboxylic acids is 1. The summed E-state index contributed by atoms with van der Waals surface area (Å²) in [5.41, 5.74) is 2.47. The molecule has 0 unspecified atom stereocenters. The minimum absolute atomic E-state index is 0.00109. The third-order valence-corrected chi connectivity index (χ3v) is 8.46. The van der Waals surface area contributed by atoms with Gasteiger partial charge in [0.1, 0.15) is 29.0 Å². The van der Waals surface area contributed by atoms with Gasteiger partial charge >= 0.3 is 11.9 Å². The first kappa shape index (κ1) is 38.8. The number of carbonyl (C=O) groups excluding carboxylic acids is 3. The minimum Gasteiger partial charge on any atom is -0.494 e. The molecular formula is C44H44N2O8. The Balaban J connectivity index is 1.07. The monoisotopic (exact) mass is 728 g/mol. The number of benzene rings is 5. The van der Waals surface area contributed by atoms with Gasteiger partial charge in [-0.3, -0.25) is 9.59 Å². The molecule has 0 aliphatic carbocycles.